The fraction of sp³-hybridized carbons (Fsp3) is 0.862. The maximum Gasteiger partial charge on any atom is 0.0628 e. The van der Waals surface area contributed by atoms with Gasteiger partial charge in [0.1, 0.15) is 0 Å². The molecular formula is C29H47NO. The van der Waals surface area contributed by atoms with Crippen molar-refractivity contribution in [1.82, 2.24) is 4.90 Å². The first kappa shape index (κ1) is 22.2. The normalized spacial score (nSPS) is 45.7. The van der Waals surface area contributed by atoms with E-state index in [1.54, 1.807) is 5.57 Å². The van der Waals surface area contributed by atoms with Crippen LogP contribution in [0.2, 0.25) is 0 Å². The molecule has 0 bridgehead atoms. The second-order valence-electron chi connectivity index (χ2n) is 13.1. The molecule has 3 saturated carbocycles. The van der Waals surface area contributed by atoms with Crippen LogP contribution in [0.4, 0.5) is 0 Å². The molecule has 4 aliphatic carbocycles. The third-order valence-corrected chi connectivity index (χ3v) is 11.2. The molecule has 1 heterocycles. The zero-order chi connectivity index (χ0) is 22.0. The second kappa shape index (κ2) is 7.73. The third-order valence-electron chi connectivity index (χ3n) is 11.2. The van der Waals surface area contributed by atoms with Gasteiger partial charge in [-0.2, -0.15) is 0 Å². The van der Waals surface area contributed by atoms with Crippen LogP contribution in [0, 0.1) is 39.9 Å². The first-order valence-corrected chi connectivity index (χ1v) is 13.5. The molecule has 1 saturated heterocycles. The average Bonchev–Trinajstić information content (AvgIpc) is 3.09. The lowest BCUT2D eigenvalue weighted by Gasteiger charge is -2.58. The Morgan fingerprint density at radius 3 is 2.42 bits per heavy atom. The summed E-state index contributed by atoms with van der Waals surface area (Å²) in [6.07, 6.45) is 16.8. The van der Waals surface area contributed by atoms with Gasteiger partial charge in [-0.15, -0.1) is 0 Å². The van der Waals surface area contributed by atoms with E-state index in [9.17, 15) is 5.11 Å². The van der Waals surface area contributed by atoms with Gasteiger partial charge < -0.3 is 10.0 Å². The van der Waals surface area contributed by atoms with Crippen LogP contribution in [0.15, 0.2) is 23.3 Å². The van der Waals surface area contributed by atoms with Gasteiger partial charge in [0, 0.05) is 12.0 Å². The summed E-state index contributed by atoms with van der Waals surface area (Å²) in [4.78, 5) is 2.77. The van der Waals surface area contributed by atoms with Crippen LogP contribution in [0.1, 0.15) is 92.4 Å². The summed E-state index contributed by atoms with van der Waals surface area (Å²) in [7, 11) is 0. The Hall–Kier alpha value is -0.600. The van der Waals surface area contributed by atoms with Gasteiger partial charge in [-0.3, -0.25) is 0 Å². The van der Waals surface area contributed by atoms with Crippen molar-refractivity contribution in [3.8, 4) is 0 Å². The zero-order valence-corrected chi connectivity index (χ0v) is 20.9. The van der Waals surface area contributed by atoms with Crippen molar-refractivity contribution in [3.05, 3.63) is 23.3 Å². The number of piperidine rings is 1. The van der Waals surface area contributed by atoms with Gasteiger partial charge in [-0.25, -0.2) is 0 Å². The fourth-order valence-electron chi connectivity index (χ4n) is 9.36. The molecule has 2 nitrogen and oxygen atoms in total. The molecule has 0 amide bonds. The minimum atomic E-state index is -0.192. The quantitative estimate of drug-likeness (QED) is 0.550. The fourth-order valence-corrected chi connectivity index (χ4v) is 9.36. The molecule has 31 heavy (non-hydrogen) atoms. The molecule has 1 aliphatic heterocycles. The highest BCUT2D eigenvalue weighted by molar-refractivity contribution is 5.41. The molecule has 1 unspecified atom stereocenters. The Morgan fingerprint density at radius 1 is 0.935 bits per heavy atom. The number of fused-ring (bicyclic) bond motifs is 5. The highest BCUT2D eigenvalue weighted by Crippen LogP contribution is 2.67. The van der Waals surface area contributed by atoms with E-state index < -0.39 is 0 Å². The standard InChI is InChI=1S/C29H47NO/c1-20(19-30-17-7-6-8-18-30)22-10-11-23-21-9-12-25-27(2,3)26(31)14-16-29(25,5)24(21)13-15-28(22,23)4/h9,12,20,22-24,26,31H,6-8,10-11,13-19H2,1-5H3/t20-,22-,23+,24+,26?,28-,29-/m1/s1. The molecule has 1 N–H and O–H groups in total. The van der Waals surface area contributed by atoms with Crippen molar-refractivity contribution in [1.29, 1.82) is 0 Å². The van der Waals surface area contributed by atoms with Crippen LogP contribution in [0.25, 0.3) is 0 Å². The Morgan fingerprint density at radius 2 is 1.68 bits per heavy atom. The van der Waals surface area contributed by atoms with Gasteiger partial charge in [-0.1, -0.05) is 64.3 Å². The predicted octanol–water partition coefficient (Wildman–Crippen LogP) is 6.60. The largest absolute Gasteiger partial charge is 0.392 e. The number of hydrogen-bond acceptors (Lipinski definition) is 2. The number of aliphatic hydroxyl groups excluding tert-OH is 1. The summed E-state index contributed by atoms with van der Waals surface area (Å²) in [5, 5.41) is 10.7. The third kappa shape index (κ3) is 3.33. The van der Waals surface area contributed by atoms with Crippen molar-refractivity contribution >= 4 is 0 Å². The van der Waals surface area contributed by atoms with E-state index in [2.05, 4.69) is 51.7 Å². The van der Waals surface area contributed by atoms with E-state index in [0.29, 0.717) is 11.3 Å². The molecule has 0 spiro atoms. The van der Waals surface area contributed by atoms with Crippen LogP contribution in [-0.2, 0) is 0 Å². The predicted molar refractivity (Wildman–Crippen MR) is 130 cm³/mol. The van der Waals surface area contributed by atoms with Gasteiger partial charge >= 0.3 is 0 Å². The van der Waals surface area contributed by atoms with E-state index in [1.165, 1.54) is 70.2 Å². The van der Waals surface area contributed by atoms with Crippen molar-refractivity contribution in [2.45, 2.75) is 98.5 Å². The highest BCUT2D eigenvalue weighted by Gasteiger charge is 2.59. The summed E-state index contributed by atoms with van der Waals surface area (Å²) in [6, 6.07) is 0. The molecule has 7 atom stereocenters. The van der Waals surface area contributed by atoms with Gasteiger partial charge in [0.25, 0.3) is 0 Å². The Labute approximate surface area is 191 Å². The molecule has 0 aromatic heterocycles. The Bertz CT molecular complexity index is 759. The van der Waals surface area contributed by atoms with Crippen molar-refractivity contribution in [2.24, 2.45) is 39.9 Å². The lowest BCUT2D eigenvalue weighted by atomic mass is 9.47. The molecule has 5 aliphatic rings. The Kier molecular flexibility index (Phi) is 5.53. The van der Waals surface area contributed by atoms with Crippen molar-refractivity contribution in [3.63, 3.8) is 0 Å². The SMILES string of the molecule is C[C@H](CN1CCCCC1)[C@H]1CC[C@H]2C3=CC=C4C(C)(C)C(O)CC[C@]4(C)[C@H]3CC[C@]12C. The molecule has 0 aromatic rings. The minimum Gasteiger partial charge on any atom is -0.392 e. The molecule has 0 aromatic carbocycles. The van der Waals surface area contributed by atoms with Gasteiger partial charge in [0.15, 0.2) is 0 Å². The number of allylic oxidation sites excluding steroid dienone is 3. The van der Waals surface area contributed by atoms with Crippen LogP contribution < -0.4 is 0 Å². The Balaban J connectivity index is 1.40. The lowest BCUT2D eigenvalue weighted by Crippen LogP contribution is -2.51. The molecule has 0 radical (unpaired) electrons. The zero-order valence-electron chi connectivity index (χ0n) is 20.9. The molecule has 174 valence electrons. The van der Waals surface area contributed by atoms with Crippen LogP contribution >= 0.6 is 0 Å². The summed E-state index contributed by atoms with van der Waals surface area (Å²) in [6.45, 7) is 16.3. The summed E-state index contributed by atoms with van der Waals surface area (Å²) in [5.74, 6) is 3.18. The number of rotatable bonds is 3. The number of likely N-dealkylation sites (tertiary alicyclic amines) is 1. The lowest BCUT2D eigenvalue weighted by molar-refractivity contribution is -0.0181. The van der Waals surface area contributed by atoms with Gasteiger partial charge in [0.05, 0.1) is 6.10 Å². The van der Waals surface area contributed by atoms with Crippen LogP contribution in [-0.4, -0.2) is 35.7 Å². The smallest absolute Gasteiger partial charge is 0.0628 e. The molecule has 5 rings (SSSR count). The molecule has 4 fully saturated rings. The monoisotopic (exact) mass is 425 g/mol. The number of nitrogens with zero attached hydrogens (tertiary/aromatic N) is 1. The van der Waals surface area contributed by atoms with Crippen LogP contribution in [0.3, 0.4) is 0 Å². The first-order chi connectivity index (χ1) is 14.7. The first-order valence-electron chi connectivity index (χ1n) is 13.5. The van der Waals surface area contributed by atoms with Crippen LogP contribution in [0.5, 0.6) is 0 Å². The van der Waals surface area contributed by atoms with Gasteiger partial charge in [-0.05, 0) is 99.0 Å². The molecule has 2 heteroatoms. The maximum absolute atomic E-state index is 10.7. The average molecular weight is 426 g/mol. The van der Waals surface area contributed by atoms with E-state index in [-0.39, 0.29) is 16.9 Å². The van der Waals surface area contributed by atoms with E-state index >= 15 is 0 Å². The molecular weight excluding hydrogens is 378 g/mol. The number of aliphatic hydroxyl groups is 1. The second-order valence-corrected chi connectivity index (χ2v) is 13.1. The van der Waals surface area contributed by atoms with E-state index in [4.69, 9.17) is 0 Å². The minimum absolute atomic E-state index is 0.0864. The summed E-state index contributed by atoms with van der Waals surface area (Å²) in [5.41, 5.74) is 3.98. The van der Waals surface area contributed by atoms with Crippen molar-refractivity contribution in [2.75, 3.05) is 19.6 Å². The highest BCUT2D eigenvalue weighted by atomic mass is 16.3. The summed E-state index contributed by atoms with van der Waals surface area (Å²) < 4.78 is 0. The summed E-state index contributed by atoms with van der Waals surface area (Å²) >= 11 is 0. The van der Waals surface area contributed by atoms with Gasteiger partial charge in [0.2, 0.25) is 0 Å². The van der Waals surface area contributed by atoms with Crippen molar-refractivity contribution < 1.29 is 5.11 Å². The number of hydrogen-bond donors (Lipinski definition) is 1. The maximum atomic E-state index is 10.7. The topological polar surface area (TPSA) is 23.5 Å². The van der Waals surface area contributed by atoms with E-state index in [0.717, 1.165) is 30.6 Å². The van der Waals surface area contributed by atoms with E-state index in [1.807, 2.05) is 0 Å².